The molecule has 1 saturated carbocycles. The number of nitrogens with two attached hydrogens (primary N) is 1. The monoisotopic (exact) mass is 309 g/mol. The Morgan fingerprint density at radius 3 is 2.57 bits per heavy atom. The first-order chi connectivity index (χ1) is 9.99. The molecule has 2 rings (SSSR count). The summed E-state index contributed by atoms with van der Waals surface area (Å²) in [4.78, 5) is 25.7. The fourth-order valence-electron chi connectivity index (χ4n) is 2.58. The summed E-state index contributed by atoms with van der Waals surface area (Å²) in [6.07, 6.45) is 5.34. The minimum Gasteiger partial charge on any atom is -0.398 e. The smallest absolute Gasteiger partial charge is 0.313 e. The molecule has 0 aromatic heterocycles. The molecule has 0 spiro atoms. The zero-order chi connectivity index (χ0) is 15.4. The molecule has 0 aliphatic heterocycles. The van der Waals surface area contributed by atoms with Gasteiger partial charge in [-0.05, 0) is 31.0 Å². The summed E-state index contributed by atoms with van der Waals surface area (Å²) < 4.78 is 0. The van der Waals surface area contributed by atoms with Crippen molar-refractivity contribution < 1.29 is 9.59 Å². The van der Waals surface area contributed by atoms with Crippen LogP contribution in [0.1, 0.15) is 32.1 Å². The van der Waals surface area contributed by atoms with Gasteiger partial charge in [-0.3, -0.25) is 9.59 Å². The van der Waals surface area contributed by atoms with Crippen molar-refractivity contribution >= 4 is 34.8 Å². The van der Waals surface area contributed by atoms with Gasteiger partial charge >= 0.3 is 11.8 Å². The first kappa shape index (κ1) is 15.6. The molecule has 0 atom stereocenters. The Morgan fingerprint density at radius 1 is 1.29 bits per heavy atom. The molecule has 1 aliphatic rings. The standard InChI is InChI=1S/C15H20ClN3O2/c1-19(11-5-3-2-4-6-11)15(21)14(20)18-10-7-8-13(17)12(16)9-10/h7-9,11H,2-6,17H2,1H3,(H,18,20). The highest BCUT2D eigenvalue weighted by Crippen LogP contribution is 2.24. The zero-order valence-electron chi connectivity index (χ0n) is 12.1. The van der Waals surface area contributed by atoms with Crippen LogP contribution in [-0.4, -0.2) is 29.8 Å². The van der Waals surface area contributed by atoms with E-state index < -0.39 is 11.8 Å². The minimum absolute atomic E-state index is 0.159. The summed E-state index contributed by atoms with van der Waals surface area (Å²) in [5.74, 6) is -1.17. The molecule has 3 N–H and O–H groups in total. The summed E-state index contributed by atoms with van der Waals surface area (Å²) in [7, 11) is 1.69. The first-order valence-electron chi connectivity index (χ1n) is 7.12. The van der Waals surface area contributed by atoms with Gasteiger partial charge < -0.3 is 16.0 Å². The molecule has 114 valence electrons. The minimum atomic E-state index is -0.649. The number of nitrogens with one attached hydrogen (secondary N) is 1. The van der Waals surface area contributed by atoms with E-state index in [2.05, 4.69) is 5.32 Å². The third-order valence-corrected chi connectivity index (χ3v) is 4.22. The van der Waals surface area contributed by atoms with Crippen LogP contribution in [0.5, 0.6) is 0 Å². The SMILES string of the molecule is CN(C(=O)C(=O)Nc1ccc(N)c(Cl)c1)C1CCCCC1. The van der Waals surface area contributed by atoms with Crippen LogP contribution >= 0.6 is 11.6 Å². The number of nitrogens with zero attached hydrogens (tertiary/aromatic N) is 1. The van der Waals surface area contributed by atoms with Crippen molar-refractivity contribution in [1.82, 2.24) is 4.90 Å². The molecule has 0 bridgehead atoms. The van der Waals surface area contributed by atoms with Crippen molar-refractivity contribution in [3.63, 3.8) is 0 Å². The van der Waals surface area contributed by atoms with Crippen LogP contribution in [0.4, 0.5) is 11.4 Å². The molecule has 1 fully saturated rings. The van der Waals surface area contributed by atoms with Gasteiger partial charge in [0.05, 0.1) is 10.7 Å². The van der Waals surface area contributed by atoms with Gasteiger partial charge in [-0.1, -0.05) is 30.9 Å². The lowest BCUT2D eigenvalue weighted by Crippen LogP contribution is -2.44. The Morgan fingerprint density at radius 2 is 1.95 bits per heavy atom. The number of nitrogen functional groups attached to an aromatic ring is 1. The number of anilines is 2. The highest BCUT2D eigenvalue weighted by molar-refractivity contribution is 6.40. The molecule has 1 aliphatic carbocycles. The molecule has 1 aromatic carbocycles. The van der Waals surface area contributed by atoms with E-state index in [-0.39, 0.29) is 6.04 Å². The summed E-state index contributed by atoms with van der Waals surface area (Å²) in [6, 6.07) is 4.90. The van der Waals surface area contributed by atoms with Gasteiger partial charge in [0.2, 0.25) is 0 Å². The molecule has 1 aromatic rings. The Kier molecular flexibility index (Phi) is 5.07. The summed E-state index contributed by atoms with van der Waals surface area (Å²) in [5, 5.41) is 2.91. The Bertz CT molecular complexity index is 542. The average molecular weight is 310 g/mol. The number of amides is 2. The van der Waals surface area contributed by atoms with E-state index in [1.807, 2.05) is 0 Å². The highest BCUT2D eigenvalue weighted by Gasteiger charge is 2.26. The maximum absolute atomic E-state index is 12.2. The van der Waals surface area contributed by atoms with Crippen LogP contribution < -0.4 is 11.1 Å². The fraction of sp³-hybridized carbons (Fsp3) is 0.467. The Balaban J connectivity index is 1.98. The molecular weight excluding hydrogens is 290 g/mol. The summed E-state index contributed by atoms with van der Waals surface area (Å²) in [6.45, 7) is 0. The number of rotatable bonds is 2. The molecule has 0 unspecified atom stereocenters. The van der Waals surface area contributed by atoms with E-state index in [4.69, 9.17) is 17.3 Å². The number of carbonyl (C=O) groups is 2. The maximum atomic E-state index is 12.2. The number of benzene rings is 1. The van der Waals surface area contributed by atoms with Gasteiger partial charge in [0.25, 0.3) is 0 Å². The molecule has 0 saturated heterocycles. The summed E-state index contributed by atoms with van der Waals surface area (Å²) in [5.41, 5.74) is 6.50. The van der Waals surface area contributed by atoms with Crippen LogP contribution in [0.25, 0.3) is 0 Å². The zero-order valence-corrected chi connectivity index (χ0v) is 12.8. The van der Waals surface area contributed by atoms with E-state index in [1.165, 1.54) is 12.5 Å². The predicted octanol–water partition coefficient (Wildman–Crippen LogP) is 2.65. The molecule has 0 heterocycles. The fourth-order valence-corrected chi connectivity index (χ4v) is 2.76. The van der Waals surface area contributed by atoms with Crippen LogP contribution in [0.3, 0.4) is 0 Å². The molecule has 6 heteroatoms. The van der Waals surface area contributed by atoms with E-state index in [1.54, 1.807) is 24.1 Å². The van der Waals surface area contributed by atoms with Crippen LogP contribution in [0, 0.1) is 0 Å². The second-order valence-corrected chi connectivity index (χ2v) is 5.81. The number of carbonyl (C=O) groups excluding carboxylic acids is 2. The van der Waals surface area contributed by atoms with E-state index in [0.717, 1.165) is 25.7 Å². The molecule has 0 radical (unpaired) electrons. The predicted molar refractivity (Wildman–Crippen MR) is 84.1 cm³/mol. The van der Waals surface area contributed by atoms with Crippen molar-refractivity contribution in [1.29, 1.82) is 0 Å². The van der Waals surface area contributed by atoms with Gasteiger partial charge in [-0.15, -0.1) is 0 Å². The number of likely N-dealkylation sites (N-methyl/N-ethyl adjacent to an activating group) is 1. The number of halogens is 1. The maximum Gasteiger partial charge on any atom is 0.313 e. The molecular formula is C15H20ClN3O2. The lowest BCUT2D eigenvalue weighted by molar-refractivity contribution is -0.144. The number of hydrogen-bond donors (Lipinski definition) is 2. The van der Waals surface area contributed by atoms with Gasteiger partial charge in [0, 0.05) is 18.8 Å². The van der Waals surface area contributed by atoms with E-state index in [9.17, 15) is 9.59 Å². The third kappa shape index (κ3) is 3.88. The van der Waals surface area contributed by atoms with Crippen molar-refractivity contribution in [2.75, 3.05) is 18.1 Å². The van der Waals surface area contributed by atoms with Gasteiger partial charge in [0.15, 0.2) is 0 Å². The van der Waals surface area contributed by atoms with Crippen molar-refractivity contribution in [2.45, 2.75) is 38.1 Å². The van der Waals surface area contributed by atoms with Crippen molar-refractivity contribution in [3.8, 4) is 0 Å². The van der Waals surface area contributed by atoms with E-state index in [0.29, 0.717) is 16.4 Å². The molecule has 5 nitrogen and oxygen atoms in total. The second-order valence-electron chi connectivity index (χ2n) is 5.40. The van der Waals surface area contributed by atoms with Crippen LogP contribution in [0.2, 0.25) is 5.02 Å². The van der Waals surface area contributed by atoms with Crippen LogP contribution in [-0.2, 0) is 9.59 Å². The third-order valence-electron chi connectivity index (χ3n) is 3.90. The lowest BCUT2D eigenvalue weighted by Gasteiger charge is -2.30. The Hall–Kier alpha value is -1.75. The van der Waals surface area contributed by atoms with Gasteiger partial charge in [-0.2, -0.15) is 0 Å². The normalized spacial score (nSPS) is 15.5. The summed E-state index contributed by atoms with van der Waals surface area (Å²) >= 11 is 5.89. The van der Waals surface area contributed by atoms with E-state index >= 15 is 0 Å². The Labute approximate surface area is 129 Å². The molecule has 2 amide bonds. The molecule has 21 heavy (non-hydrogen) atoms. The van der Waals surface area contributed by atoms with Crippen molar-refractivity contribution in [3.05, 3.63) is 23.2 Å². The van der Waals surface area contributed by atoms with Crippen LogP contribution in [0.15, 0.2) is 18.2 Å². The first-order valence-corrected chi connectivity index (χ1v) is 7.50. The topological polar surface area (TPSA) is 75.4 Å². The van der Waals surface area contributed by atoms with Crippen molar-refractivity contribution in [2.24, 2.45) is 0 Å². The van der Waals surface area contributed by atoms with Gasteiger partial charge in [0.1, 0.15) is 0 Å². The second kappa shape index (κ2) is 6.80. The quantitative estimate of drug-likeness (QED) is 0.651. The number of hydrogen-bond acceptors (Lipinski definition) is 3. The largest absolute Gasteiger partial charge is 0.398 e. The highest BCUT2D eigenvalue weighted by atomic mass is 35.5. The van der Waals surface area contributed by atoms with Gasteiger partial charge in [-0.25, -0.2) is 0 Å². The average Bonchev–Trinajstić information content (AvgIpc) is 2.50. The lowest BCUT2D eigenvalue weighted by atomic mass is 9.94.